The van der Waals surface area contributed by atoms with Crippen molar-refractivity contribution in [2.24, 2.45) is 0 Å². The number of hydrogen-bond acceptors (Lipinski definition) is 3. The molecule has 0 aliphatic rings. The summed E-state index contributed by atoms with van der Waals surface area (Å²) in [6.07, 6.45) is 0. The van der Waals surface area contributed by atoms with Crippen LogP contribution in [-0.2, 0) is 11.3 Å². The van der Waals surface area contributed by atoms with Gasteiger partial charge in [0.25, 0.3) is 0 Å². The van der Waals surface area contributed by atoms with Gasteiger partial charge in [-0.15, -0.1) is 0 Å². The summed E-state index contributed by atoms with van der Waals surface area (Å²) in [6.45, 7) is 1.83. The number of aromatic nitrogens is 2. The number of nitrogens with zero attached hydrogens (tertiary/aromatic N) is 1. The number of nitrogens with one attached hydrogen (secondary N) is 2. The molecule has 0 aliphatic heterocycles. The Bertz CT molecular complexity index is 519. The minimum absolute atomic E-state index is 0.374. The van der Waals surface area contributed by atoms with E-state index in [2.05, 4.69) is 15.3 Å². The summed E-state index contributed by atoms with van der Waals surface area (Å²) >= 11 is 0. The predicted molar refractivity (Wildman–Crippen MR) is 59.8 cm³/mol. The lowest BCUT2D eigenvalue weighted by molar-refractivity contribution is -0.123. The minimum Gasteiger partial charge on any atom is -0.387 e. The number of aromatic amines is 1. The van der Waals surface area contributed by atoms with Crippen LogP contribution in [-0.4, -0.2) is 27.6 Å². The van der Waals surface area contributed by atoms with E-state index >= 15 is 0 Å². The Morgan fingerprint density at radius 2 is 2.38 bits per heavy atom. The van der Waals surface area contributed by atoms with Crippen LogP contribution in [0.1, 0.15) is 11.4 Å². The first-order valence-electron chi connectivity index (χ1n) is 5.02. The number of hydrogen-bond donors (Lipinski definition) is 3. The molecular formula is C11H13N3O2. The van der Waals surface area contributed by atoms with Gasteiger partial charge in [-0.25, -0.2) is 4.98 Å². The third kappa shape index (κ3) is 2.20. The molecule has 5 nitrogen and oxygen atoms in total. The molecule has 0 spiro atoms. The predicted octanol–water partition coefficient (Wildman–Crippen LogP) is 0.480. The Morgan fingerprint density at radius 1 is 1.56 bits per heavy atom. The highest BCUT2D eigenvalue weighted by Gasteiger charge is 2.02. The first-order chi connectivity index (χ1) is 7.69. The molecule has 16 heavy (non-hydrogen) atoms. The molecule has 1 amide bonds. The summed E-state index contributed by atoms with van der Waals surface area (Å²) in [7, 11) is 0. The zero-order chi connectivity index (χ0) is 11.5. The fourth-order valence-corrected chi connectivity index (χ4v) is 1.55. The van der Waals surface area contributed by atoms with Gasteiger partial charge in [0.2, 0.25) is 5.91 Å². The van der Waals surface area contributed by atoms with Gasteiger partial charge in [0, 0.05) is 6.54 Å². The average Bonchev–Trinajstić information content (AvgIpc) is 2.65. The lowest BCUT2D eigenvalue weighted by atomic mass is 10.2. The van der Waals surface area contributed by atoms with E-state index in [1.165, 1.54) is 0 Å². The van der Waals surface area contributed by atoms with Crippen LogP contribution < -0.4 is 5.32 Å². The largest absolute Gasteiger partial charge is 0.387 e. The number of rotatable bonds is 3. The Labute approximate surface area is 92.5 Å². The standard InChI is InChI=1S/C11H13N3O2/c1-7-13-9-3-2-8(4-10(9)14-7)5-12-11(16)6-15/h2-4,15H,5-6H2,1H3,(H,12,16)(H,13,14). The van der Waals surface area contributed by atoms with E-state index in [1.807, 2.05) is 25.1 Å². The second kappa shape index (κ2) is 4.32. The number of aliphatic hydroxyl groups is 1. The maximum Gasteiger partial charge on any atom is 0.245 e. The van der Waals surface area contributed by atoms with Crippen LogP contribution in [0, 0.1) is 6.92 Å². The summed E-state index contributed by atoms with van der Waals surface area (Å²) in [5.41, 5.74) is 2.83. The van der Waals surface area contributed by atoms with Gasteiger partial charge in [-0.2, -0.15) is 0 Å². The van der Waals surface area contributed by atoms with Crippen molar-refractivity contribution >= 4 is 16.9 Å². The van der Waals surface area contributed by atoms with Crippen LogP contribution in [0.15, 0.2) is 18.2 Å². The molecule has 2 rings (SSSR count). The van der Waals surface area contributed by atoms with Crippen molar-refractivity contribution in [1.29, 1.82) is 0 Å². The van der Waals surface area contributed by atoms with E-state index in [4.69, 9.17) is 5.11 Å². The highest BCUT2D eigenvalue weighted by molar-refractivity contribution is 5.78. The van der Waals surface area contributed by atoms with Gasteiger partial charge in [-0.1, -0.05) is 6.07 Å². The smallest absolute Gasteiger partial charge is 0.245 e. The topological polar surface area (TPSA) is 78.0 Å². The van der Waals surface area contributed by atoms with Crippen LogP contribution in [0.25, 0.3) is 11.0 Å². The SMILES string of the molecule is Cc1nc2ccc(CNC(=O)CO)cc2[nH]1. The quantitative estimate of drug-likeness (QED) is 0.702. The molecule has 2 aromatic rings. The maximum absolute atomic E-state index is 10.9. The first-order valence-corrected chi connectivity index (χ1v) is 5.02. The number of carbonyl (C=O) groups excluding carboxylic acids is 1. The molecule has 0 saturated carbocycles. The van der Waals surface area contributed by atoms with Crippen LogP contribution in [0.2, 0.25) is 0 Å². The molecule has 0 unspecified atom stereocenters. The lowest BCUT2D eigenvalue weighted by Gasteiger charge is -2.02. The number of imidazole rings is 1. The number of benzene rings is 1. The van der Waals surface area contributed by atoms with Gasteiger partial charge < -0.3 is 15.4 Å². The summed E-state index contributed by atoms with van der Waals surface area (Å²) in [5, 5.41) is 11.2. The Balaban J connectivity index is 2.16. The van der Waals surface area contributed by atoms with E-state index in [9.17, 15) is 4.79 Å². The van der Waals surface area contributed by atoms with Crippen LogP contribution >= 0.6 is 0 Å². The number of amides is 1. The van der Waals surface area contributed by atoms with Crippen molar-refractivity contribution in [3.63, 3.8) is 0 Å². The molecule has 0 aliphatic carbocycles. The molecule has 84 valence electrons. The molecule has 3 N–H and O–H groups in total. The summed E-state index contributed by atoms with van der Waals surface area (Å²) in [6, 6.07) is 5.74. The molecule has 1 aromatic carbocycles. The van der Waals surface area contributed by atoms with E-state index in [0.717, 1.165) is 22.4 Å². The van der Waals surface area contributed by atoms with Gasteiger partial charge in [0.15, 0.2) is 0 Å². The fraction of sp³-hybridized carbons (Fsp3) is 0.273. The van der Waals surface area contributed by atoms with E-state index in [-0.39, 0.29) is 5.91 Å². The monoisotopic (exact) mass is 219 g/mol. The molecule has 0 fully saturated rings. The van der Waals surface area contributed by atoms with Crippen molar-refractivity contribution in [3.8, 4) is 0 Å². The Hall–Kier alpha value is -1.88. The van der Waals surface area contributed by atoms with Gasteiger partial charge in [0.05, 0.1) is 11.0 Å². The highest BCUT2D eigenvalue weighted by atomic mass is 16.3. The Kier molecular flexibility index (Phi) is 2.87. The van der Waals surface area contributed by atoms with E-state index in [1.54, 1.807) is 0 Å². The van der Waals surface area contributed by atoms with E-state index in [0.29, 0.717) is 6.54 Å². The van der Waals surface area contributed by atoms with E-state index < -0.39 is 6.61 Å². The second-order valence-electron chi connectivity index (χ2n) is 3.61. The molecule has 5 heteroatoms. The van der Waals surface area contributed by atoms with Gasteiger partial charge in [-0.3, -0.25) is 4.79 Å². The number of aliphatic hydroxyl groups excluding tert-OH is 1. The van der Waals surface area contributed by atoms with Crippen LogP contribution in [0.5, 0.6) is 0 Å². The molecule has 1 aromatic heterocycles. The number of H-pyrrole nitrogens is 1. The van der Waals surface area contributed by atoms with Crippen molar-refractivity contribution in [2.45, 2.75) is 13.5 Å². The molecule has 1 heterocycles. The Morgan fingerprint density at radius 3 is 3.12 bits per heavy atom. The molecule has 0 bridgehead atoms. The third-order valence-electron chi connectivity index (χ3n) is 2.30. The summed E-state index contributed by atoms with van der Waals surface area (Å²) in [4.78, 5) is 18.3. The zero-order valence-corrected chi connectivity index (χ0v) is 8.95. The highest BCUT2D eigenvalue weighted by Crippen LogP contribution is 2.13. The average molecular weight is 219 g/mol. The molecule has 0 atom stereocenters. The number of fused-ring (bicyclic) bond motifs is 1. The zero-order valence-electron chi connectivity index (χ0n) is 8.95. The normalized spacial score (nSPS) is 10.6. The van der Waals surface area contributed by atoms with Crippen molar-refractivity contribution < 1.29 is 9.90 Å². The van der Waals surface area contributed by atoms with Gasteiger partial charge >= 0.3 is 0 Å². The fourth-order valence-electron chi connectivity index (χ4n) is 1.55. The van der Waals surface area contributed by atoms with Crippen LogP contribution in [0.4, 0.5) is 0 Å². The second-order valence-corrected chi connectivity index (χ2v) is 3.61. The minimum atomic E-state index is -0.481. The lowest BCUT2D eigenvalue weighted by Crippen LogP contribution is -2.25. The third-order valence-corrected chi connectivity index (χ3v) is 2.30. The molecular weight excluding hydrogens is 206 g/mol. The van der Waals surface area contributed by atoms with Crippen LogP contribution in [0.3, 0.4) is 0 Å². The van der Waals surface area contributed by atoms with Crippen molar-refractivity contribution in [3.05, 3.63) is 29.6 Å². The summed E-state index contributed by atoms with van der Waals surface area (Å²) < 4.78 is 0. The number of aryl methyl sites for hydroxylation is 1. The molecule has 0 radical (unpaired) electrons. The maximum atomic E-state index is 10.9. The van der Waals surface area contributed by atoms with Gasteiger partial charge in [0.1, 0.15) is 12.4 Å². The number of carbonyl (C=O) groups is 1. The first kappa shape index (κ1) is 10.6. The van der Waals surface area contributed by atoms with Gasteiger partial charge in [-0.05, 0) is 24.6 Å². The van der Waals surface area contributed by atoms with Crippen molar-refractivity contribution in [1.82, 2.24) is 15.3 Å². The summed E-state index contributed by atoms with van der Waals surface area (Å²) in [5.74, 6) is 0.493. The van der Waals surface area contributed by atoms with Crippen molar-refractivity contribution in [2.75, 3.05) is 6.61 Å². The molecule has 0 saturated heterocycles.